The largest absolute Gasteiger partial charge is 0.482 e. The van der Waals surface area contributed by atoms with Crippen molar-refractivity contribution in [1.82, 2.24) is 0 Å². The molecule has 0 radical (unpaired) electrons. The Morgan fingerprint density at radius 3 is 2.63 bits per heavy atom. The Morgan fingerprint density at radius 2 is 2.11 bits per heavy atom. The van der Waals surface area contributed by atoms with Crippen LogP contribution < -0.4 is 11.1 Å². The molecule has 3 N–H and O–H groups in total. The molecule has 0 saturated carbocycles. The van der Waals surface area contributed by atoms with Gasteiger partial charge in [-0.1, -0.05) is 21.1 Å². The van der Waals surface area contributed by atoms with E-state index in [2.05, 4.69) is 25.9 Å². The van der Waals surface area contributed by atoms with Crippen molar-refractivity contribution in [1.29, 1.82) is 0 Å². The average molecular weight is 340 g/mol. The van der Waals surface area contributed by atoms with Crippen molar-refractivity contribution in [2.24, 2.45) is 10.9 Å². The van der Waals surface area contributed by atoms with Gasteiger partial charge in [-0.25, -0.2) is 4.79 Å². The van der Waals surface area contributed by atoms with Crippen LogP contribution in [-0.4, -0.2) is 18.1 Å². The molecule has 104 valence electrons. The van der Waals surface area contributed by atoms with Gasteiger partial charge in [-0.05, 0) is 25.1 Å². The first-order valence-electron chi connectivity index (χ1n) is 4.85. The molecule has 0 saturated heterocycles. The van der Waals surface area contributed by atoms with Crippen LogP contribution in [0.15, 0.2) is 27.8 Å². The third kappa shape index (κ3) is 5.16. The molecular weight excluding hydrogens is 331 g/mol. The topological polar surface area (TPSA) is 76.7 Å². The zero-order valence-corrected chi connectivity index (χ0v) is 11.2. The van der Waals surface area contributed by atoms with Crippen LogP contribution in [0, 0.1) is 0 Å². The van der Waals surface area contributed by atoms with Gasteiger partial charge in [0.1, 0.15) is 5.84 Å². The zero-order valence-electron chi connectivity index (χ0n) is 9.58. The minimum atomic E-state index is -4.67. The molecule has 0 spiro atoms. The molecule has 9 heteroatoms. The second-order valence-corrected chi connectivity index (χ2v) is 4.34. The first kappa shape index (κ1) is 15.3. The Bertz CT molecular complexity index is 513. The highest BCUT2D eigenvalue weighted by Gasteiger charge is 2.29. The lowest BCUT2D eigenvalue weighted by molar-refractivity contribution is -0.0999. The van der Waals surface area contributed by atoms with E-state index in [1.54, 1.807) is 0 Å². The van der Waals surface area contributed by atoms with E-state index < -0.39 is 18.0 Å². The molecule has 0 aliphatic carbocycles. The van der Waals surface area contributed by atoms with E-state index in [-0.39, 0.29) is 11.4 Å². The predicted octanol–water partition coefficient (Wildman–Crippen LogP) is 2.83. The molecule has 0 aromatic heterocycles. The van der Waals surface area contributed by atoms with Crippen molar-refractivity contribution in [2.75, 3.05) is 5.32 Å². The van der Waals surface area contributed by atoms with Crippen molar-refractivity contribution in [3.05, 3.63) is 28.2 Å². The zero-order chi connectivity index (χ0) is 14.6. The van der Waals surface area contributed by atoms with Crippen molar-refractivity contribution in [3.63, 3.8) is 0 Å². The highest BCUT2D eigenvalue weighted by Crippen LogP contribution is 2.26. The summed E-state index contributed by atoms with van der Waals surface area (Å²) in [5.74, 6) is -1.09. The minimum Gasteiger partial charge on any atom is -0.385 e. The minimum absolute atomic E-state index is 0.0336. The third-order valence-corrected chi connectivity index (χ3v) is 2.24. The van der Waals surface area contributed by atoms with E-state index in [1.165, 1.54) is 24.4 Å². The molecule has 0 aliphatic heterocycles. The molecule has 1 aromatic carbocycles. The number of nitrogens with one attached hydrogen (secondary N) is 1. The summed E-state index contributed by atoms with van der Waals surface area (Å²) < 4.78 is 37.2. The number of halogens is 4. The van der Waals surface area contributed by atoms with Crippen LogP contribution in [0.25, 0.3) is 0 Å². The lowest BCUT2D eigenvalue weighted by Crippen LogP contribution is -2.22. The van der Waals surface area contributed by atoms with Crippen molar-refractivity contribution in [3.8, 4) is 0 Å². The summed E-state index contributed by atoms with van der Waals surface area (Å²) in [5.41, 5.74) is 4.39. The quantitative estimate of drug-likeness (QED) is 0.292. The predicted molar refractivity (Wildman–Crippen MR) is 66.5 cm³/mol. The van der Waals surface area contributed by atoms with Crippen LogP contribution in [0.5, 0.6) is 0 Å². The number of hydrogen-bond donors (Lipinski definition) is 2. The van der Waals surface area contributed by atoms with E-state index in [9.17, 15) is 18.0 Å². The summed E-state index contributed by atoms with van der Waals surface area (Å²) in [5, 5.41) is 4.43. The lowest BCUT2D eigenvalue weighted by Gasteiger charge is -2.13. The Morgan fingerprint density at radius 1 is 1.47 bits per heavy atom. The second kappa shape index (κ2) is 5.91. The van der Waals surface area contributed by atoms with Crippen LogP contribution in [0.1, 0.15) is 17.3 Å². The molecule has 5 nitrogen and oxygen atoms in total. The fourth-order valence-corrected chi connectivity index (χ4v) is 1.47. The molecule has 0 atom stereocenters. The highest BCUT2D eigenvalue weighted by atomic mass is 79.9. The number of carbonyl (C=O) groups excluding carboxylic acids is 1. The van der Waals surface area contributed by atoms with E-state index in [0.29, 0.717) is 4.47 Å². The van der Waals surface area contributed by atoms with Gasteiger partial charge in [0.2, 0.25) is 0 Å². The first-order chi connectivity index (χ1) is 8.69. The summed E-state index contributed by atoms with van der Waals surface area (Å²) in [7, 11) is 0. The molecule has 1 aromatic rings. The Kier molecular flexibility index (Phi) is 4.76. The summed E-state index contributed by atoms with van der Waals surface area (Å²) in [4.78, 5) is 16.0. The Hall–Kier alpha value is -1.77. The van der Waals surface area contributed by atoms with Crippen LogP contribution in [0.4, 0.5) is 18.9 Å². The van der Waals surface area contributed by atoms with E-state index in [1.807, 2.05) is 0 Å². The standard InChI is InChI=1S/C10H9BrF3N3O2/c1-5(15)17-19-9(18)7-4-6(11)2-3-8(7)16-10(12,13)14/h2-4,16H,1H3,(H2,15,17). The molecule has 0 aliphatic rings. The van der Waals surface area contributed by atoms with Gasteiger partial charge in [0.05, 0.1) is 11.3 Å². The molecule has 0 fully saturated rings. The number of alkyl halides is 3. The van der Waals surface area contributed by atoms with Gasteiger partial charge in [-0.15, -0.1) is 0 Å². The molecule has 0 heterocycles. The Balaban J connectivity index is 3.07. The van der Waals surface area contributed by atoms with Gasteiger partial charge in [-0.2, -0.15) is 13.2 Å². The van der Waals surface area contributed by atoms with Crippen molar-refractivity contribution < 1.29 is 22.8 Å². The van der Waals surface area contributed by atoms with Gasteiger partial charge in [0.15, 0.2) is 0 Å². The fourth-order valence-electron chi connectivity index (χ4n) is 1.11. The van der Waals surface area contributed by atoms with E-state index in [0.717, 1.165) is 6.07 Å². The molecule has 0 amide bonds. The maximum Gasteiger partial charge on any atom is 0.482 e. The number of hydrogen-bond acceptors (Lipinski definition) is 4. The molecule has 19 heavy (non-hydrogen) atoms. The van der Waals surface area contributed by atoms with Gasteiger partial charge in [-0.3, -0.25) is 5.32 Å². The maximum atomic E-state index is 12.3. The number of benzene rings is 1. The number of anilines is 1. The fraction of sp³-hybridized carbons (Fsp3) is 0.200. The molecule has 0 unspecified atom stereocenters. The summed E-state index contributed by atoms with van der Waals surface area (Å²) in [6.07, 6.45) is -4.67. The average Bonchev–Trinajstić information content (AvgIpc) is 2.26. The number of rotatable bonds is 3. The maximum absolute atomic E-state index is 12.3. The second-order valence-electron chi connectivity index (χ2n) is 3.42. The van der Waals surface area contributed by atoms with Crippen molar-refractivity contribution in [2.45, 2.75) is 13.2 Å². The summed E-state index contributed by atoms with van der Waals surface area (Å²) in [6, 6.07) is 3.62. The molecular formula is C10H9BrF3N3O2. The van der Waals surface area contributed by atoms with Crippen LogP contribution in [0.2, 0.25) is 0 Å². The number of nitrogens with two attached hydrogens (primary N) is 1. The Labute approximate surface area is 114 Å². The first-order valence-corrected chi connectivity index (χ1v) is 5.64. The number of amidine groups is 1. The normalized spacial score (nSPS) is 12.2. The third-order valence-electron chi connectivity index (χ3n) is 1.75. The molecule has 1 rings (SSSR count). The SMILES string of the molecule is C/C(N)=N/OC(=O)c1cc(Br)ccc1NC(F)(F)F. The molecule has 0 bridgehead atoms. The van der Waals surface area contributed by atoms with Crippen LogP contribution in [0.3, 0.4) is 0 Å². The summed E-state index contributed by atoms with van der Waals surface area (Å²) in [6.45, 7) is 1.36. The highest BCUT2D eigenvalue weighted by molar-refractivity contribution is 9.10. The van der Waals surface area contributed by atoms with Gasteiger partial charge in [0, 0.05) is 4.47 Å². The van der Waals surface area contributed by atoms with Crippen molar-refractivity contribution >= 4 is 33.4 Å². The summed E-state index contributed by atoms with van der Waals surface area (Å²) >= 11 is 3.05. The van der Waals surface area contributed by atoms with Crippen LogP contribution in [-0.2, 0) is 4.84 Å². The smallest absolute Gasteiger partial charge is 0.385 e. The monoisotopic (exact) mass is 339 g/mol. The van der Waals surface area contributed by atoms with E-state index >= 15 is 0 Å². The number of oxime groups is 1. The van der Waals surface area contributed by atoms with E-state index in [4.69, 9.17) is 5.73 Å². The lowest BCUT2D eigenvalue weighted by atomic mass is 10.2. The van der Waals surface area contributed by atoms with Crippen LogP contribution >= 0.6 is 15.9 Å². The van der Waals surface area contributed by atoms with Gasteiger partial charge in [0.25, 0.3) is 0 Å². The number of nitrogens with zero attached hydrogens (tertiary/aromatic N) is 1. The van der Waals surface area contributed by atoms with Gasteiger partial charge < -0.3 is 10.6 Å². The number of carbonyl (C=O) groups is 1. The van der Waals surface area contributed by atoms with Gasteiger partial charge >= 0.3 is 12.3 Å².